The van der Waals surface area contributed by atoms with Crippen molar-refractivity contribution < 1.29 is 27.2 Å². The van der Waals surface area contributed by atoms with Crippen molar-refractivity contribution in [2.75, 3.05) is 31.1 Å². The lowest BCUT2D eigenvalue weighted by atomic mass is 10.1. The van der Waals surface area contributed by atoms with E-state index in [-0.39, 0.29) is 23.4 Å². The molecule has 0 unspecified atom stereocenters. The maximum Gasteiger partial charge on any atom is 0.573 e. The quantitative estimate of drug-likeness (QED) is 0.239. The Bertz CT molecular complexity index is 1770. The second kappa shape index (κ2) is 10.8. The molecule has 12 heteroatoms. The number of para-hydroxylation sites is 1. The van der Waals surface area contributed by atoms with Gasteiger partial charge in [0.15, 0.2) is 5.69 Å². The van der Waals surface area contributed by atoms with Gasteiger partial charge in [-0.2, -0.15) is 10.1 Å². The number of rotatable bonds is 7. The lowest BCUT2D eigenvalue weighted by Gasteiger charge is -2.36. The monoisotopic (exact) mass is 588 g/mol. The van der Waals surface area contributed by atoms with Crippen LogP contribution < -0.4 is 9.64 Å². The summed E-state index contributed by atoms with van der Waals surface area (Å²) >= 11 is 0. The Hall–Kier alpha value is -4.87. The number of ether oxygens (including phenoxy) is 1. The predicted octanol–water partition coefficient (Wildman–Crippen LogP) is 5.76. The van der Waals surface area contributed by atoms with E-state index in [1.165, 1.54) is 24.3 Å². The van der Waals surface area contributed by atoms with Gasteiger partial charge in [0.05, 0.1) is 12.1 Å². The highest BCUT2D eigenvalue weighted by Crippen LogP contribution is 2.33. The number of piperazine rings is 1. The molecule has 2 aromatic heterocycles. The van der Waals surface area contributed by atoms with Crippen molar-refractivity contribution in [3.63, 3.8) is 0 Å². The van der Waals surface area contributed by atoms with Crippen LogP contribution in [0.25, 0.3) is 33.9 Å². The summed E-state index contributed by atoms with van der Waals surface area (Å²) in [6.07, 6.45) is -2.72. The van der Waals surface area contributed by atoms with Crippen molar-refractivity contribution in [3.05, 3.63) is 78.4 Å². The molecule has 2 aliphatic rings. The number of amides is 1. The molecule has 0 N–H and O–H groups in total. The summed E-state index contributed by atoms with van der Waals surface area (Å²) < 4.78 is 48.9. The summed E-state index contributed by atoms with van der Waals surface area (Å²) in [5.74, 6) is 0.638. The van der Waals surface area contributed by atoms with Gasteiger partial charge in [-0.15, -0.1) is 13.2 Å². The molecule has 1 amide bonds. The molecule has 43 heavy (non-hydrogen) atoms. The smallest absolute Gasteiger partial charge is 0.406 e. The summed E-state index contributed by atoms with van der Waals surface area (Å²) in [7, 11) is 0. The molecule has 3 heterocycles. The zero-order valence-electron chi connectivity index (χ0n) is 23.0. The Labute approximate surface area is 244 Å². The van der Waals surface area contributed by atoms with Gasteiger partial charge < -0.3 is 19.1 Å². The van der Waals surface area contributed by atoms with Gasteiger partial charge in [0.25, 0.3) is 5.89 Å². The fourth-order valence-corrected chi connectivity index (χ4v) is 5.45. The highest BCUT2D eigenvalue weighted by molar-refractivity contribution is 5.91. The minimum atomic E-state index is -4.77. The standard InChI is InChI=1S/C31H27F3N6O3/c32-31(33,34)42-24-12-10-21(11-13-24)28-35-29(43-37-28)27-25-6-1-2-7-26(25)40(36-27)19-20-4-3-5-23(18-20)38-14-16-39(17-15-38)30(41)22-8-9-22/h1-7,10-13,18,22H,8-9,14-17,19H2. The molecular weight excluding hydrogens is 561 g/mol. The summed E-state index contributed by atoms with van der Waals surface area (Å²) in [6, 6.07) is 21.4. The number of nitrogens with zero attached hydrogens (tertiary/aromatic N) is 6. The van der Waals surface area contributed by atoms with Crippen LogP contribution in [0.4, 0.5) is 18.9 Å². The van der Waals surface area contributed by atoms with Gasteiger partial charge in [0, 0.05) is 48.7 Å². The van der Waals surface area contributed by atoms with Gasteiger partial charge >= 0.3 is 6.36 Å². The lowest BCUT2D eigenvalue weighted by molar-refractivity contribution is -0.274. The second-order valence-corrected chi connectivity index (χ2v) is 10.8. The Morgan fingerprint density at radius 3 is 2.47 bits per heavy atom. The first-order valence-corrected chi connectivity index (χ1v) is 14.1. The van der Waals surface area contributed by atoms with Crippen LogP contribution in [0.5, 0.6) is 5.75 Å². The van der Waals surface area contributed by atoms with E-state index in [2.05, 4.69) is 38.0 Å². The molecule has 1 saturated carbocycles. The molecule has 1 aliphatic heterocycles. The number of benzene rings is 3. The third kappa shape index (κ3) is 5.77. The molecule has 220 valence electrons. The third-order valence-electron chi connectivity index (χ3n) is 7.76. The van der Waals surface area contributed by atoms with Crippen LogP contribution in [-0.4, -0.2) is 63.3 Å². The highest BCUT2D eigenvalue weighted by atomic mass is 19.4. The number of carbonyl (C=O) groups is 1. The number of hydrogen-bond acceptors (Lipinski definition) is 7. The number of carbonyl (C=O) groups excluding carboxylic acids is 1. The number of anilines is 1. The first-order chi connectivity index (χ1) is 20.8. The average Bonchev–Trinajstić information content (AvgIpc) is 3.64. The van der Waals surface area contributed by atoms with Gasteiger partial charge in [-0.3, -0.25) is 9.48 Å². The van der Waals surface area contributed by atoms with Gasteiger partial charge in [0.2, 0.25) is 11.7 Å². The van der Waals surface area contributed by atoms with E-state index in [9.17, 15) is 18.0 Å². The van der Waals surface area contributed by atoms with E-state index in [1.54, 1.807) is 0 Å². The van der Waals surface area contributed by atoms with Crippen molar-refractivity contribution in [2.24, 2.45) is 5.92 Å². The van der Waals surface area contributed by atoms with Crippen molar-refractivity contribution in [1.82, 2.24) is 24.8 Å². The fourth-order valence-electron chi connectivity index (χ4n) is 5.45. The summed E-state index contributed by atoms with van der Waals surface area (Å²) in [4.78, 5) is 21.2. The second-order valence-electron chi connectivity index (χ2n) is 10.8. The third-order valence-corrected chi connectivity index (χ3v) is 7.76. The number of halogens is 3. The molecule has 3 aromatic carbocycles. The van der Waals surface area contributed by atoms with E-state index in [1.807, 2.05) is 39.9 Å². The predicted molar refractivity (Wildman–Crippen MR) is 152 cm³/mol. The Morgan fingerprint density at radius 1 is 0.953 bits per heavy atom. The Morgan fingerprint density at radius 2 is 1.72 bits per heavy atom. The van der Waals surface area contributed by atoms with Crippen molar-refractivity contribution in [1.29, 1.82) is 0 Å². The van der Waals surface area contributed by atoms with E-state index in [0.717, 1.165) is 61.2 Å². The molecule has 0 bridgehead atoms. The van der Waals surface area contributed by atoms with E-state index < -0.39 is 6.36 Å². The molecular formula is C31H27F3N6O3. The summed E-state index contributed by atoms with van der Waals surface area (Å²) in [5.41, 5.74) is 4.06. The van der Waals surface area contributed by atoms with Gasteiger partial charge in [-0.1, -0.05) is 35.5 Å². The molecule has 2 fully saturated rings. The zero-order chi connectivity index (χ0) is 29.6. The normalized spacial score (nSPS) is 15.7. The molecule has 5 aromatic rings. The Balaban J connectivity index is 1.10. The van der Waals surface area contributed by atoms with E-state index in [4.69, 9.17) is 9.62 Å². The van der Waals surface area contributed by atoms with Gasteiger partial charge in [-0.25, -0.2) is 0 Å². The van der Waals surface area contributed by atoms with Crippen LogP contribution in [0.2, 0.25) is 0 Å². The molecule has 0 radical (unpaired) electrons. The number of aromatic nitrogens is 4. The Kier molecular flexibility index (Phi) is 6.75. The summed E-state index contributed by atoms with van der Waals surface area (Å²) in [5, 5.41) is 9.69. The SMILES string of the molecule is O=C(C1CC1)N1CCN(c2cccc(Cn3nc(-c4nc(-c5ccc(OC(F)(F)F)cc5)no4)c4ccccc43)c2)CC1. The van der Waals surface area contributed by atoms with Gasteiger partial charge in [0.1, 0.15) is 5.75 Å². The highest BCUT2D eigenvalue weighted by Gasteiger charge is 2.34. The van der Waals surface area contributed by atoms with Crippen LogP contribution in [0.1, 0.15) is 18.4 Å². The van der Waals surface area contributed by atoms with Crippen LogP contribution in [-0.2, 0) is 11.3 Å². The fraction of sp³-hybridized carbons (Fsp3) is 0.290. The number of fused-ring (bicyclic) bond motifs is 1. The average molecular weight is 589 g/mol. The topological polar surface area (TPSA) is 89.5 Å². The molecule has 9 nitrogen and oxygen atoms in total. The van der Waals surface area contributed by atoms with Gasteiger partial charge in [-0.05, 0) is 60.9 Å². The maximum atomic E-state index is 12.5. The lowest BCUT2D eigenvalue weighted by Crippen LogP contribution is -2.49. The molecule has 0 spiro atoms. The van der Waals surface area contributed by atoms with Crippen LogP contribution in [0.15, 0.2) is 77.3 Å². The zero-order valence-corrected chi connectivity index (χ0v) is 23.0. The van der Waals surface area contributed by atoms with Crippen LogP contribution in [0, 0.1) is 5.92 Å². The van der Waals surface area contributed by atoms with Crippen LogP contribution in [0.3, 0.4) is 0 Å². The minimum Gasteiger partial charge on any atom is -0.406 e. The van der Waals surface area contributed by atoms with E-state index in [0.29, 0.717) is 23.7 Å². The van der Waals surface area contributed by atoms with Crippen molar-refractivity contribution in [3.8, 4) is 28.7 Å². The molecule has 7 rings (SSSR count). The van der Waals surface area contributed by atoms with E-state index >= 15 is 0 Å². The minimum absolute atomic E-state index is 0.202. The van der Waals surface area contributed by atoms with Crippen LogP contribution >= 0.6 is 0 Å². The summed E-state index contributed by atoms with van der Waals surface area (Å²) in [6.45, 7) is 3.59. The maximum absolute atomic E-state index is 12.5. The van der Waals surface area contributed by atoms with Crippen molar-refractivity contribution in [2.45, 2.75) is 25.7 Å². The molecule has 0 atom stereocenters. The van der Waals surface area contributed by atoms with Crippen molar-refractivity contribution >= 4 is 22.5 Å². The number of hydrogen-bond donors (Lipinski definition) is 0. The first kappa shape index (κ1) is 27.0. The first-order valence-electron chi connectivity index (χ1n) is 14.1. The molecule has 1 aliphatic carbocycles. The number of alkyl halides is 3. The molecule has 1 saturated heterocycles. The largest absolute Gasteiger partial charge is 0.573 e.